The highest BCUT2D eigenvalue weighted by atomic mass is 15.1. The van der Waals surface area contributed by atoms with E-state index in [1.54, 1.807) is 0 Å². The molecule has 1 N–H and O–H groups in total. The molecule has 1 aromatic rings. The Kier molecular flexibility index (Phi) is 7.11. The van der Waals surface area contributed by atoms with Crippen LogP contribution in [0.2, 0.25) is 0 Å². The van der Waals surface area contributed by atoms with Crippen molar-refractivity contribution in [2.75, 3.05) is 26.7 Å². The van der Waals surface area contributed by atoms with Crippen molar-refractivity contribution < 1.29 is 0 Å². The average Bonchev–Trinajstić information content (AvgIpc) is 2.39. The van der Waals surface area contributed by atoms with Gasteiger partial charge in [0.2, 0.25) is 0 Å². The maximum absolute atomic E-state index is 3.60. The molecule has 0 aliphatic rings. The highest BCUT2D eigenvalue weighted by Gasteiger charge is 2.14. The van der Waals surface area contributed by atoms with Crippen molar-refractivity contribution in [3.63, 3.8) is 0 Å². The van der Waals surface area contributed by atoms with Crippen molar-refractivity contribution in [3.05, 3.63) is 35.4 Å². The van der Waals surface area contributed by atoms with Crippen molar-refractivity contribution in [2.24, 2.45) is 5.92 Å². The molecule has 0 bridgehead atoms. The predicted octanol–water partition coefficient (Wildman–Crippen LogP) is 3.62. The van der Waals surface area contributed by atoms with Crippen molar-refractivity contribution in [1.29, 1.82) is 0 Å². The molecule has 1 aromatic carbocycles. The zero-order valence-electron chi connectivity index (χ0n) is 13.2. The fourth-order valence-electron chi connectivity index (χ4n) is 2.38. The second kappa shape index (κ2) is 8.34. The van der Waals surface area contributed by atoms with Crippen LogP contribution in [-0.4, -0.2) is 31.6 Å². The first-order valence-electron chi connectivity index (χ1n) is 7.55. The number of hydrogen-bond acceptors (Lipinski definition) is 2. The zero-order valence-corrected chi connectivity index (χ0v) is 13.2. The summed E-state index contributed by atoms with van der Waals surface area (Å²) in [6, 6.07) is 9.34. The lowest BCUT2D eigenvalue weighted by molar-refractivity contribution is 0.253. The molecule has 0 heterocycles. The van der Waals surface area contributed by atoms with Crippen LogP contribution in [-0.2, 0) is 0 Å². The maximum atomic E-state index is 3.60. The topological polar surface area (TPSA) is 15.3 Å². The molecule has 0 aliphatic heterocycles. The summed E-state index contributed by atoms with van der Waals surface area (Å²) < 4.78 is 0. The van der Waals surface area contributed by atoms with E-state index in [-0.39, 0.29) is 0 Å². The molecule has 0 saturated carbocycles. The van der Waals surface area contributed by atoms with Gasteiger partial charge in [0.1, 0.15) is 0 Å². The Morgan fingerprint density at radius 1 is 1.11 bits per heavy atom. The quantitative estimate of drug-likeness (QED) is 0.769. The van der Waals surface area contributed by atoms with Crippen LogP contribution in [0.25, 0.3) is 0 Å². The number of hydrogen-bond donors (Lipinski definition) is 1. The Hall–Kier alpha value is -0.860. The van der Waals surface area contributed by atoms with E-state index in [0.717, 1.165) is 19.0 Å². The first-order valence-corrected chi connectivity index (χ1v) is 7.55. The van der Waals surface area contributed by atoms with Gasteiger partial charge >= 0.3 is 0 Å². The molecule has 19 heavy (non-hydrogen) atoms. The summed E-state index contributed by atoms with van der Waals surface area (Å²) in [4.78, 5) is 2.45. The summed E-state index contributed by atoms with van der Waals surface area (Å²) in [6.45, 7) is 12.2. The predicted molar refractivity (Wildman–Crippen MR) is 84.5 cm³/mol. The van der Waals surface area contributed by atoms with Crippen LogP contribution < -0.4 is 5.32 Å². The normalized spacial score (nSPS) is 14.6. The zero-order chi connectivity index (χ0) is 14.3. The van der Waals surface area contributed by atoms with Gasteiger partial charge in [-0.1, -0.05) is 57.0 Å². The Morgan fingerprint density at radius 3 is 2.26 bits per heavy atom. The molecule has 2 nitrogen and oxygen atoms in total. The van der Waals surface area contributed by atoms with Gasteiger partial charge in [-0.3, -0.25) is 0 Å². The second-order valence-corrected chi connectivity index (χ2v) is 5.76. The minimum absolute atomic E-state index is 0.430. The molecular formula is C17H30N2. The number of nitrogens with one attached hydrogen (secondary N) is 1. The van der Waals surface area contributed by atoms with Crippen molar-refractivity contribution in [1.82, 2.24) is 10.2 Å². The van der Waals surface area contributed by atoms with Crippen LogP contribution in [0.4, 0.5) is 0 Å². The lowest BCUT2D eigenvalue weighted by atomic mass is 10.0. The Morgan fingerprint density at radius 2 is 1.74 bits per heavy atom. The van der Waals surface area contributed by atoms with Gasteiger partial charge in [-0.25, -0.2) is 0 Å². The number of likely N-dealkylation sites (N-methyl/N-ethyl adjacent to an activating group) is 2. The fraction of sp³-hybridized carbons (Fsp3) is 0.647. The summed E-state index contributed by atoms with van der Waals surface area (Å²) in [6.07, 6.45) is 1.25. The maximum Gasteiger partial charge on any atom is 0.0449 e. The molecular weight excluding hydrogens is 232 g/mol. The Balaban J connectivity index is 2.64. The van der Waals surface area contributed by atoms with E-state index in [4.69, 9.17) is 0 Å². The monoisotopic (exact) mass is 262 g/mol. The van der Waals surface area contributed by atoms with E-state index in [0.29, 0.717) is 6.04 Å². The van der Waals surface area contributed by atoms with Gasteiger partial charge in [-0.2, -0.15) is 0 Å². The molecule has 0 amide bonds. The van der Waals surface area contributed by atoms with E-state index < -0.39 is 0 Å². The summed E-state index contributed by atoms with van der Waals surface area (Å²) in [5.74, 6) is 0.769. The molecule has 0 radical (unpaired) electrons. The van der Waals surface area contributed by atoms with Gasteiger partial charge in [0.15, 0.2) is 0 Å². The molecule has 0 fully saturated rings. The first kappa shape index (κ1) is 16.2. The molecule has 2 atom stereocenters. The van der Waals surface area contributed by atoms with Gasteiger partial charge in [-0.05, 0) is 32.0 Å². The lowest BCUT2D eigenvalue weighted by Gasteiger charge is -2.27. The van der Waals surface area contributed by atoms with E-state index >= 15 is 0 Å². The standard InChI is InChI=1S/C17H30N2/c1-6-14(3)12-19(5)13-17(18-7-2)16-10-8-15(4)9-11-16/h8-11,14,17-18H,6-7,12-13H2,1-5H3. The van der Waals surface area contributed by atoms with Gasteiger partial charge in [0, 0.05) is 19.1 Å². The van der Waals surface area contributed by atoms with Crippen LogP contribution in [0.15, 0.2) is 24.3 Å². The van der Waals surface area contributed by atoms with Gasteiger partial charge in [0.25, 0.3) is 0 Å². The van der Waals surface area contributed by atoms with E-state index in [1.807, 2.05) is 0 Å². The minimum atomic E-state index is 0.430. The minimum Gasteiger partial charge on any atom is -0.309 e. The second-order valence-electron chi connectivity index (χ2n) is 5.76. The molecule has 0 aromatic heterocycles. The summed E-state index contributed by atoms with van der Waals surface area (Å²) in [7, 11) is 2.23. The molecule has 108 valence electrons. The third kappa shape index (κ3) is 5.75. The number of rotatable bonds is 8. The van der Waals surface area contributed by atoms with E-state index in [1.165, 1.54) is 24.1 Å². The van der Waals surface area contributed by atoms with Crippen molar-refractivity contribution >= 4 is 0 Å². The van der Waals surface area contributed by atoms with Gasteiger partial charge in [0.05, 0.1) is 0 Å². The van der Waals surface area contributed by atoms with Crippen LogP contribution in [0.3, 0.4) is 0 Å². The number of nitrogens with zero attached hydrogens (tertiary/aromatic N) is 1. The third-order valence-corrected chi connectivity index (χ3v) is 3.74. The molecule has 0 aliphatic carbocycles. The van der Waals surface area contributed by atoms with E-state index in [2.05, 4.69) is 69.2 Å². The Bertz CT molecular complexity index is 345. The van der Waals surface area contributed by atoms with Crippen LogP contribution >= 0.6 is 0 Å². The highest BCUT2D eigenvalue weighted by molar-refractivity contribution is 5.24. The van der Waals surface area contributed by atoms with Crippen molar-refractivity contribution in [2.45, 2.75) is 40.2 Å². The fourth-order valence-corrected chi connectivity index (χ4v) is 2.38. The number of benzene rings is 1. The summed E-state index contributed by atoms with van der Waals surface area (Å²) in [5.41, 5.74) is 2.72. The molecule has 0 spiro atoms. The lowest BCUT2D eigenvalue weighted by Crippen LogP contribution is -2.35. The average molecular weight is 262 g/mol. The molecule has 1 rings (SSSR count). The van der Waals surface area contributed by atoms with Gasteiger partial charge < -0.3 is 10.2 Å². The summed E-state index contributed by atoms with van der Waals surface area (Å²) >= 11 is 0. The third-order valence-electron chi connectivity index (χ3n) is 3.74. The van der Waals surface area contributed by atoms with Gasteiger partial charge in [-0.15, -0.1) is 0 Å². The molecule has 2 heteroatoms. The Labute approximate surface area is 119 Å². The highest BCUT2D eigenvalue weighted by Crippen LogP contribution is 2.16. The summed E-state index contributed by atoms with van der Waals surface area (Å²) in [5, 5.41) is 3.60. The first-order chi connectivity index (χ1) is 9.06. The SMILES string of the molecule is CCNC(CN(C)CC(C)CC)c1ccc(C)cc1. The smallest absolute Gasteiger partial charge is 0.0449 e. The molecule has 0 saturated heterocycles. The van der Waals surface area contributed by atoms with Crippen LogP contribution in [0.1, 0.15) is 44.4 Å². The van der Waals surface area contributed by atoms with Crippen LogP contribution in [0.5, 0.6) is 0 Å². The largest absolute Gasteiger partial charge is 0.309 e. The van der Waals surface area contributed by atoms with Crippen molar-refractivity contribution in [3.8, 4) is 0 Å². The van der Waals surface area contributed by atoms with E-state index in [9.17, 15) is 0 Å². The number of aryl methyl sites for hydroxylation is 1. The molecule has 2 unspecified atom stereocenters. The van der Waals surface area contributed by atoms with Crippen LogP contribution in [0, 0.1) is 12.8 Å².